The van der Waals surface area contributed by atoms with Crippen molar-refractivity contribution in [3.8, 4) is 0 Å². The van der Waals surface area contributed by atoms with Crippen LogP contribution in [0.5, 0.6) is 0 Å². The SMILES string of the molecule is O=S(=O)(Nc1nc2ccccc2nc1Nc1cccc(Cl)c1)c1cc(Cl)ccc1Cl. The first-order chi connectivity index (χ1) is 14.3. The highest BCUT2D eigenvalue weighted by atomic mass is 35.5. The van der Waals surface area contributed by atoms with E-state index >= 15 is 0 Å². The number of fused-ring (bicyclic) bond motifs is 1. The number of para-hydroxylation sites is 2. The maximum Gasteiger partial charge on any atom is 0.264 e. The van der Waals surface area contributed by atoms with Crippen molar-refractivity contribution in [3.63, 3.8) is 0 Å². The van der Waals surface area contributed by atoms with Crippen molar-refractivity contribution in [2.75, 3.05) is 10.0 Å². The van der Waals surface area contributed by atoms with E-state index in [-0.39, 0.29) is 26.6 Å². The maximum absolute atomic E-state index is 13.0. The topological polar surface area (TPSA) is 84.0 Å². The third-order valence-electron chi connectivity index (χ3n) is 4.07. The number of aromatic nitrogens is 2. The second-order valence-corrected chi connectivity index (χ2v) is 9.16. The molecular weight excluding hydrogens is 467 g/mol. The molecule has 0 radical (unpaired) electrons. The minimum absolute atomic E-state index is 0.00437. The predicted octanol–water partition coefficient (Wildman–Crippen LogP) is 6.13. The van der Waals surface area contributed by atoms with Crippen LogP contribution in [0.15, 0.2) is 71.6 Å². The van der Waals surface area contributed by atoms with Crippen molar-refractivity contribution < 1.29 is 8.42 Å². The largest absolute Gasteiger partial charge is 0.337 e. The van der Waals surface area contributed by atoms with Crippen LogP contribution in [-0.4, -0.2) is 18.4 Å². The van der Waals surface area contributed by atoms with Crippen LogP contribution >= 0.6 is 34.8 Å². The Labute approximate surface area is 187 Å². The Morgan fingerprint density at radius 3 is 2.10 bits per heavy atom. The van der Waals surface area contributed by atoms with Crippen LogP contribution in [0.4, 0.5) is 17.3 Å². The van der Waals surface area contributed by atoms with Crippen molar-refractivity contribution >= 4 is 73.2 Å². The molecule has 10 heteroatoms. The van der Waals surface area contributed by atoms with E-state index in [1.54, 1.807) is 42.5 Å². The van der Waals surface area contributed by atoms with Crippen LogP contribution < -0.4 is 10.0 Å². The monoisotopic (exact) mass is 478 g/mol. The number of sulfonamides is 1. The quantitative estimate of drug-likeness (QED) is 0.359. The smallest absolute Gasteiger partial charge is 0.264 e. The normalized spacial score (nSPS) is 11.4. The molecule has 4 aromatic rings. The summed E-state index contributed by atoms with van der Waals surface area (Å²) in [6.07, 6.45) is 0. The van der Waals surface area contributed by atoms with Crippen LogP contribution in [-0.2, 0) is 10.0 Å². The first-order valence-electron chi connectivity index (χ1n) is 8.59. The van der Waals surface area contributed by atoms with Crippen molar-refractivity contribution in [3.05, 3.63) is 81.8 Å². The summed E-state index contributed by atoms with van der Waals surface area (Å²) in [7, 11) is -4.09. The molecule has 0 amide bonds. The van der Waals surface area contributed by atoms with Gasteiger partial charge >= 0.3 is 0 Å². The molecule has 0 unspecified atom stereocenters. The molecule has 0 bridgehead atoms. The van der Waals surface area contributed by atoms with Gasteiger partial charge in [-0.15, -0.1) is 0 Å². The summed E-state index contributed by atoms with van der Waals surface area (Å²) < 4.78 is 28.5. The number of hydrogen-bond donors (Lipinski definition) is 2. The van der Waals surface area contributed by atoms with Gasteiger partial charge in [0.05, 0.1) is 16.1 Å². The molecule has 30 heavy (non-hydrogen) atoms. The molecule has 0 spiro atoms. The number of anilines is 3. The van der Waals surface area contributed by atoms with Gasteiger partial charge in [0.25, 0.3) is 10.0 Å². The lowest BCUT2D eigenvalue weighted by Crippen LogP contribution is -2.16. The summed E-state index contributed by atoms with van der Waals surface area (Å²) in [6, 6.07) is 18.2. The van der Waals surface area contributed by atoms with Gasteiger partial charge in [-0.2, -0.15) is 0 Å². The second kappa shape index (κ2) is 8.28. The van der Waals surface area contributed by atoms with Crippen LogP contribution in [0, 0.1) is 0 Å². The molecule has 0 atom stereocenters. The fourth-order valence-electron chi connectivity index (χ4n) is 2.73. The molecule has 0 saturated carbocycles. The lowest BCUT2D eigenvalue weighted by atomic mass is 10.3. The molecule has 4 rings (SSSR count). The molecule has 3 aromatic carbocycles. The Kier molecular flexibility index (Phi) is 5.71. The number of nitrogens with one attached hydrogen (secondary N) is 2. The molecule has 6 nitrogen and oxygen atoms in total. The molecule has 1 aromatic heterocycles. The number of benzene rings is 3. The van der Waals surface area contributed by atoms with Crippen LogP contribution in [0.3, 0.4) is 0 Å². The van der Waals surface area contributed by atoms with E-state index in [0.29, 0.717) is 21.7 Å². The number of rotatable bonds is 5. The molecule has 0 saturated heterocycles. The lowest BCUT2D eigenvalue weighted by Gasteiger charge is -2.14. The van der Waals surface area contributed by atoms with E-state index < -0.39 is 10.0 Å². The van der Waals surface area contributed by atoms with Gasteiger partial charge in [-0.1, -0.05) is 53.0 Å². The standard InChI is InChI=1S/C20H13Cl3N4O2S/c21-12-4-3-5-14(10-12)24-19-20(26-17-7-2-1-6-16(17)25-19)27-30(28,29)18-11-13(22)8-9-15(18)23/h1-11H,(H,24,25)(H,26,27). The number of halogens is 3. The third-order valence-corrected chi connectivity index (χ3v) is 6.36. The zero-order valence-corrected chi connectivity index (χ0v) is 18.2. The third kappa shape index (κ3) is 4.44. The highest BCUT2D eigenvalue weighted by Gasteiger charge is 2.22. The van der Waals surface area contributed by atoms with Crippen molar-refractivity contribution in [1.82, 2.24) is 9.97 Å². The highest BCUT2D eigenvalue weighted by molar-refractivity contribution is 7.92. The summed E-state index contributed by atoms with van der Waals surface area (Å²) >= 11 is 18.1. The molecule has 152 valence electrons. The molecular formula is C20H13Cl3N4O2S. The molecule has 0 fully saturated rings. The van der Waals surface area contributed by atoms with Gasteiger partial charge in [0, 0.05) is 15.7 Å². The van der Waals surface area contributed by atoms with Crippen molar-refractivity contribution in [1.29, 1.82) is 0 Å². The summed E-state index contributed by atoms with van der Waals surface area (Å²) in [5.41, 5.74) is 1.73. The van der Waals surface area contributed by atoms with Crippen molar-refractivity contribution in [2.45, 2.75) is 4.90 Å². The first kappa shape index (κ1) is 20.7. The van der Waals surface area contributed by atoms with Gasteiger partial charge in [-0.05, 0) is 48.5 Å². The Morgan fingerprint density at radius 2 is 1.40 bits per heavy atom. The van der Waals surface area contributed by atoms with Gasteiger partial charge in [0.1, 0.15) is 4.90 Å². The second-order valence-electron chi connectivity index (χ2n) is 6.23. The lowest BCUT2D eigenvalue weighted by molar-refractivity contribution is 0.601. The fraction of sp³-hybridized carbons (Fsp3) is 0. The summed E-state index contributed by atoms with van der Waals surface area (Å²) in [6.45, 7) is 0. The average molecular weight is 480 g/mol. The molecule has 2 N–H and O–H groups in total. The molecule has 0 aliphatic heterocycles. The highest BCUT2D eigenvalue weighted by Crippen LogP contribution is 2.30. The van der Waals surface area contributed by atoms with E-state index in [0.717, 1.165) is 0 Å². The fourth-order valence-corrected chi connectivity index (χ4v) is 4.69. The Hall–Kier alpha value is -2.58. The first-order valence-corrected chi connectivity index (χ1v) is 11.2. The van der Waals surface area contributed by atoms with E-state index in [9.17, 15) is 8.42 Å². The molecule has 1 heterocycles. The molecule has 0 aliphatic carbocycles. The minimum Gasteiger partial charge on any atom is -0.337 e. The maximum atomic E-state index is 13.0. The van der Waals surface area contributed by atoms with Gasteiger partial charge in [-0.3, -0.25) is 4.72 Å². The Balaban J connectivity index is 1.81. The zero-order valence-electron chi connectivity index (χ0n) is 15.1. The van der Waals surface area contributed by atoms with Gasteiger partial charge in [0.15, 0.2) is 11.6 Å². The van der Waals surface area contributed by atoms with Crippen LogP contribution in [0.2, 0.25) is 15.1 Å². The van der Waals surface area contributed by atoms with Crippen LogP contribution in [0.1, 0.15) is 0 Å². The van der Waals surface area contributed by atoms with E-state index in [1.807, 2.05) is 6.07 Å². The van der Waals surface area contributed by atoms with E-state index in [4.69, 9.17) is 34.8 Å². The van der Waals surface area contributed by atoms with Crippen LogP contribution in [0.25, 0.3) is 11.0 Å². The Bertz CT molecular complexity index is 1360. The number of hydrogen-bond acceptors (Lipinski definition) is 5. The summed E-state index contributed by atoms with van der Waals surface area (Å²) in [5.74, 6) is 0.211. The molecule has 0 aliphatic rings. The minimum atomic E-state index is -4.09. The predicted molar refractivity (Wildman–Crippen MR) is 122 cm³/mol. The average Bonchev–Trinajstić information content (AvgIpc) is 2.70. The Morgan fingerprint density at radius 1 is 0.733 bits per heavy atom. The summed E-state index contributed by atoms with van der Waals surface area (Å²) in [4.78, 5) is 8.78. The van der Waals surface area contributed by atoms with Crippen molar-refractivity contribution in [2.24, 2.45) is 0 Å². The van der Waals surface area contributed by atoms with E-state index in [2.05, 4.69) is 20.0 Å². The zero-order chi connectivity index (χ0) is 21.3. The van der Waals surface area contributed by atoms with Gasteiger partial charge in [0.2, 0.25) is 0 Å². The van der Waals surface area contributed by atoms with Gasteiger partial charge in [-0.25, -0.2) is 18.4 Å². The van der Waals surface area contributed by atoms with E-state index in [1.165, 1.54) is 18.2 Å². The van der Waals surface area contributed by atoms with Gasteiger partial charge < -0.3 is 5.32 Å². The number of nitrogens with zero attached hydrogens (tertiary/aromatic N) is 2. The summed E-state index contributed by atoms with van der Waals surface area (Å²) in [5, 5.41) is 3.85.